The second kappa shape index (κ2) is 5.61. The van der Waals surface area contributed by atoms with E-state index < -0.39 is 0 Å². The molecule has 1 aliphatic rings. The number of aromatic nitrogens is 1. The van der Waals surface area contributed by atoms with Crippen LogP contribution < -0.4 is 5.32 Å². The Labute approximate surface area is 103 Å². The predicted octanol–water partition coefficient (Wildman–Crippen LogP) is 2.25. The van der Waals surface area contributed by atoms with Crippen LogP contribution in [0.2, 0.25) is 0 Å². The van der Waals surface area contributed by atoms with Gasteiger partial charge in [0.2, 0.25) is 5.91 Å². The van der Waals surface area contributed by atoms with Gasteiger partial charge in [-0.05, 0) is 12.8 Å². The minimum atomic E-state index is -0.0444. The van der Waals surface area contributed by atoms with Crippen LogP contribution in [0.4, 0.5) is 5.13 Å². The third-order valence-corrected chi connectivity index (χ3v) is 3.53. The highest BCUT2D eigenvalue weighted by Crippen LogP contribution is 2.20. The Kier molecular flexibility index (Phi) is 4.15. The van der Waals surface area contributed by atoms with Crippen LogP contribution in [0.25, 0.3) is 0 Å². The Morgan fingerprint density at radius 3 is 3.25 bits per heavy atom. The second-order valence-corrected chi connectivity index (χ2v) is 4.81. The highest BCUT2D eigenvalue weighted by molar-refractivity contribution is 7.13. The highest BCUT2D eigenvalue weighted by Gasteiger charge is 2.22. The molecule has 1 N–H and O–H groups in total. The molecule has 1 aromatic rings. The summed E-state index contributed by atoms with van der Waals surface area (Å²) >= 11 is 7.04. The van der Waals surface area contributed by atoms with Gasteiger partial charge in [-0.25, -0.2) is 4.98 Å². The van der Waals surface area contributed by atoms with E-state index >= 15 is 0 Å². The molecule has 0 bridgehead atoms. The summed E-state index contributed by atoms with van der Waals surface area (Å²) in [4.78, 5) is 16.0. The minimum Gasteiger partial charge on any atom is -0.381 e. The van der Waals surface area contributed by atoms with Crippen molar-refractivity contribution in [2.24, 2.45) is 5.92 Å². The van der Waals surface area contributed by atoms with Crippen molar-refractivity contribution in [3.8, 4) is 0 Å². The van der Waals surface area contributed by atoms with Crippen molar-refractivity contribution in [2.45, 2.75) is 18.7 Å². The van der Waals surface area contributed by atoms with E-state index in [1.807, 2.05) is 5.38 Å². The van der Waals surface area contributed by atoms with Gasteiger partial charge >= 0.3 is 0 Å². The molecule has 1 aliphatic heterocycles. The summed E-state index contributed by atoms with van der Waals surface area (Å²) in [7, 11) is 0. The molecule has 88 valence electrons. The zero-order valence-corrected chi connectivity index (χ0v) is 10.3. The molecule has 16 heavy (non-hydrogen) atoms. The van der Waals surface area contributed by atoms with E-state index in [1.165, 1.54) is 11.3 Å². The first kappa shape index (κ1) is 11.8. The lowest BCUT2D eigenvalue weighted by atomic mass is 10.0. The van der Waals surface area contributed by atoms with E-state index in [1.54, 1.807) is 0 Å². The van der Waals surface area contributed by atoms with Gasteiger partial charge in [-0.15, -0.1) is 22.9 Å². The van der Waals surface area contributed by atoms with E-state index in [9.17, 15) is 4.79 Å². The number of rotatable bonds is 3. The fourth-order valence-corrected chi connectivity index (χ4v) is 2.52. The quantitative estimate of drug-likeness (QED) is 0.848. The van der Waals surface area contributed by atoms with E-state index in [0.717, 1.165) is 25.1 Å². The number of alkyl halides is 1. The minimum absolute atomic E-state index is 0.00447. The van der Waals surface area contributed by atoms with Gasteiger partial charge in [0.15, 0.2) is 5.13 Å². The van der Waals surface area contributed by atoms with Crippen LogP contribution >= 0.6 is 22.9 Å². The van der Waals surface area contributed by atoms with E-state index in [-0.39, 0.29) is 11.8 Å². The normalized spacial score (nSPS) is 20.7. The predicted molar refractivity (Wildman–Crippen MR) is 63.8 cm³/mol. The Morgan fingerprint density at radius 2 is 2.62 bits per heavy atom. The molecule has 1 fully saturated rings. The summed E-state index contributed by atoms with van der Waals surface area (Å²) in [6.07, 6.45) is 1.84. The maximum absolute atomic E-state index is 11.8. The van der Waals surface area contributed by atoms with Gasteiger partial charge in [0.1, 0.15) is 0 Å². The summed E-state index contributed by atoms with van der Waals surface area (Å²) in [5.41, 5.74) is 0.793. The van der Waals surface area contributed by atoms with E-state index in [0.29, 0.717) is 17.6 Å². The lowest BCUT2D eigenvalue weighted by Gasteiger charge is -2.20. The summed E-state index contributed by atoms with van der Waals surface area (Å²) in [5, 5.41) is 5.26. The van der Waals surface area contributed by atoms with Crippen LogP contribution in [0.15, 0.2) is 5.38 Å². The Morgan fingerprint density at radius 1 is 1.75 bits per heavy atom. The zero-order valence-electron chi connectivity index (χ0n) is 8.74. The van der Waals surface area contributed by atoms with Gasteiger partial charge in [0.05, 0.1) is 24.1 Å². The van der Waals surface area contributed by atoms with Crippen LogP contribution in [-0.4, -0.2) is 24.1 Å². The standard InChI is InChI=1S/C10H13ClN2O2S/c11-4-8-6-16-10(12-8)13-9(14)7-2-1-3-15-5-7/h6-7H,1-5H2,(H,12,13,14). The SMILES string of the molecule is O=C(Nc1nc(CCl)cs1)C1CCCOC1. The molecule has 1 amide bonds. The molecule has 1 atom stereocenters. The van der Waals surface area contributed by atoms with Gasteiger partial charge in [-0.3, -0.25) is 4.79 Å². The molecule has 1 unspecified atom stereocenters. The number of ether oxygens (including phenoxy) is 1. The number of hydrogen-bond acceptors (Lipinski definition) is 4. The Bertz CT molecular complexity index is 363. The Balaban J connectivity index is 1.90. The summed E-state index contributed by atoms with van der Waals surface area (Å²) in [6, 6.07) is 0. The zero-order chi connectivity index (χ0) is 11.4. The maximum Gasteiger partial charge on any atom is 0.231 e. The number of hydrogen-bond donors (Lipinski definition) is 1. The number of nitrogens with one attached hydrogen (secondary N) is 1. The fraction of sp³-hybridized carbons (Fsp3) is 0.600. The molecular formula is C10H13ClN2O2S. The Hall–Kier alpha value is -0.650. The van der Waals surface area contributed by atoms with Crippen molar-refractivity contribution in [3.63, 3.8) is 0 Å². The van der Waals surface area contributed by atoms with Crippen LogP contribution in [0.3, 0.4) is 0 Å². The molecule has 0 aliphatic carbocycles. The lowest BCUT2D eigenvalue weighted by molar-refractivity contribution is -0.123. The number of nitrogens with zero attached hydrogens (tertiary/aromatic N) is 1. The van der Waals surface area contributed by atoms with Crippen molar-refractivity contribution in [3.05, 3.63) is 11.1 Å². The lowest BCUT2D eigenvalue weighted by Crippen LogP contribution is -2.30. The number of carbonyl (C=O) groups excluding carboxylic acids is 1. The molecule has 0 radical (unpaired) electrons. The van der Waals surface area contributed by atoms with Gasteiger partial charge in [0.25, 0.3) is 0 Å². The van der Waals surface area contributed by atoms with E-state index in [4.69, 9.17) is 16.3 Å². The molecular weight excluding hydrogens is 248 g/mol. The van der Waals surface area contributed by atoms with Crippen LogP contribution in [0.5, 0.6) is 0 Å². The number of carbonyl (C=O) groups is 1. The van der Waals surface area contributed by atoms with Crippen molar-refractivity contribution in [1.29, 1.82) is 0 Å². The molecule has 0 spiro atoms. The monoisotopic (exact) mass is 260 g/mol. The molecule has 1 saturated heterocycles. The molecule has 0 aromatic carbocycles. The van der Waals surface area contributed by atoms with Gasteiger partial charge in [0, 0.05) is 12.0 Å². The third-order valence-electron chi connectivity index (χ3n) is 2.45. The molecule has 2 rings (SSSR count). The average molecular weight is 261 g/mol. The van der Waals surface area contributed by atoms with Gasteiger partial charge < -0.3 is 10.1 Å². The fourth-order valence-electron chi connectivity index (χ4n) is 1.58. The highest BCUT2D eigenvalue weighted by atomic mass is 35.5. The number of halogens is 1. The maximum atomic E-state index is 11.8. The number of anilines is 1. The number of amides is 1. The van der Waals surface area contributed by atoms with Gasteiger partial charge in [-0.2, -0.15) is 0 Å². The first-order valence-corrected chi connectivity index (χ1v) is 6.60. The smallest absolute Gasteiger partial charge is 0.231 e. The molecule has 1 aromatic heterocycles. The average Bonchev–Trinajstić information content (AvgIpc) is 2.78. The molecule has 0 saturated carbocycles. The van der Waals surface area contributed by atoms with Crippen LogP contribution in [-0.2, 0) is 15.4 Å². The first-order valence-electron chi connectivity index (χ1n) is 5.18. The van der Waals surface area contributed by atoms with Crippen LogP contribution in [0, 0.1) is 5.92 Å². The topological polar surface area (TPSA) is 51.2 Å². The largest absolute Gasteiger partial charge is 0.381 e. The molecule has 6 heteroatoms. The van der Waals surface area contributed by atoms with Gasteiger partial charge in [-0.1, -0.05) is 0 Å². The van der Waals surface area contributed by atoms with Crippen molar-refractivity contribution < 1.29 is 9.53 Å². The second-order valence-electron chi connectivity index (χ2n) is 3.68. The third kappa shape index (κ3) is 2.93. The summed E-state index contributed by atoms with van der Waals surface area (Å²) < 4.78 is 5.27. The molecule has 2 heterocycles. The van der Waals surface area contributed by atoms with E-state index in [2.05, 4.69) is 10.3 Å². The van der Waals surface area contributed by atoms with Crippen molar-refractivity contribution >= 4 is 34.0 Å². The number of thiazole rings is 1. The summed E-state index contributed by atoms with van der Waals surface area (Å²) in [5.74, 6) is 0.325. The molecule has 4 nitrogen and oxygen atoms in total. The van der Waals surface area contributed by atoms with Crippen molar-refractivity contribution in [1.82, 2.24) is 4.98 Å². The first-order chi connectivity index (χ1) is 7.79. The van der Waals surface area contributed by atoms with Crippen LogP contribution in [0.1, 0.15) is 18.5 Å². The van der Waals surface area contributed by atoms with Crippen molar-refractivity contribution in [2.75, 3.05) is 18.5 Å². The summed E-state index contributed by atoms with van der Waals surface area (Å²) in [6.45, 7) is 1.27.